The van der Waals surface area contributed by atoms with Crippen LogP contribution < -0.4 is 0 Å². The summed E-state index contributed by atoms with van der Waals surface area (Å²) in [6, 6.07) is 0. The van der Waals surface area contributed by atoms with Crippen LogP contribution in [0.5, 0.6) is 0 Å². The molecule has 186 valence electrons. The lowest BCUT2D eigenvalue weighted by atomic mass is 9.94. The van der Waals surface area contributed by atoms with E-state index in [2.05, 4.69) is 40.4 Å². The fraction of sp³-hybridized carbons (Fsp3) is 0.619. The molecule has 1 unspecified atom stereocenters. The van der Waals surface area contributed by atoms with Crippen LogP contribution in [-0.2, 0) is 34.4 Å². The van der Waals surface area contributed by atoms with E-state index >= 15 is 0 Å². The highest BCUT2D eigenvalue weighted by Gasteiger charge is 2.54. The fourth-order valence-corrected chi connectivity index (χ4v) is 7.38. The topological polar surface area (TPSA) is 118 Å². The number of aliphatic carboxylic acids is 1. The number of hydrogen-bond acceptors (Lipinski definition) is 8. The molecule has 3 atom stereocenters. The highest BCUT2D eigenvalue weighted by Crippen LogP contribution is 2.42. The lowest BCUT2D eigenvalue weighted by Gasteiger charge is -2.47. The van der Waals surface area contributed by atoms with Gasteiger partial charge in [0, 0.05) is 37.0 Å². The molecule has 1 aliphatic heterocycles. The van der Waals surface area contributed by atoms with Crippen molar-refractivity contribution < 1.29 is 32.9 Å². The first kappa shape index (κ1) is 29.8. The summed E-state index contributed by atoms with van der Waals surface area (Å²) in [5.41, 5.74) is -0.496. The van der Waals surface area contributed by atoms with Crippen molar-refractivity contribution in [2.24, 2.45) is 5.92 Å². The summed E-state index contributed by atoms with van der Waals surface area (Å²) in [4.78, 5) is 49.6. The van der Waals surface area contributed by atoms with E-state index in [-0.39, 0.29) is 28.1 Å². The van der Waals surface area contributed by atoms with Gasteiger partial charge < -0.3 is 9.53 Å². The van der Waals surface area contributed by atoms with Crippen LogP contribution in [0.15, 0.2) is 22.6 Å². The number of carbonyl (C=O) groups is 4. The van der Waals surface area contributed by atoms with Gasteiger partial charge in [0.05, 0.1) is 10.2 Å². The molecule has 1 saturated heterocycles. The first-order valence-electron chi connectivity index (χ1n) is 10.3. The molecule has 1 N–H and O–H groups in total. The maximum Gasteiger partial charge on any atom is 0.354 e. The SMILES string of the molecule is C=CCS(=O)[C@H]1[C@@H](CCO[Si](C)(C)C(C)(C)C)C(=O)N1C(C(=O)O)=C(SC(C)=O)SC(C)=O. The van der Waals surface area contributed by atoms with E-state index < -0.39 is 58.2 Å². The van der Waals surface area contributed by atoms with Crippen molar-refractivity contribution in [1.29, 1.82) is 0 Å². The number of rotatable bonds is 11. The van der Waals surface area contributed by atoms with Crippen molar-refractivity contribution >= 4 is 64.7 Å². The Balaban J connectivity index is 3.32. The molecule has 1 amide bonds. The average Bonchev–Trinajstić information content (AvgIpc) is 2.63. The van der Waals surface area contributed by atoms with Gasteiger partial charge in [-0.2, -0.15) is 0 Å². The number of likely N-dealkylation sites (tertiary alicyclic amines) is 1. The third kappa shape index (κ3) is 7.64. The minimum atomic E-state index is -2.06. The molecule has 1 aliphatic rings. The highest BCUT2D eigenvalue weighted by molar-refractivity contribution is 8.34. The van der Waals surface area contributed by atoms with Crippen LogP contribution in [0, 0.1) is 5.92 Å². The molecule has 0 aromatic rings. The van der Waals surface area contributed by atoms with Crippen molar-refractivity contribution in [2.75, 3.05) is 12.4 Å². The summed E-state index contributed by atoms with van der Waals surface area (Å²) in [6.07, 6.45) is 1.73. The molecule has 1 rings (SSSR count). The normalized spacial score (nSPS) is 19.5. The van der Waals surface area contributed by atoms with Crippen LogP contribution >= 0.6 is 23.5 Å². The van der Waals surface area contributed by atoms with E-state index in [1.807, 2.05) is 0 Å². The van der Waals surface area contributed by atoms with Gasteiger partial charge in [-0.3, -0.25) is 23.5 Å². The largest absolute Gasteiger partial charge is 0.477 e. The van der Waals surface area contributed by atoms with Crippen molar-refractivity contribution in [3.8, 4) is 0 Å². The lowest BCUT2D eigenvalue weighted by molar-refractivity contribution is -0.153. The third-order valence-electron chi connectivity index (χ3n) is 5.51. The van der Waals surface area contributed by atoms with E-state index in [0.717, 1.165) is 4.90 Å². The van der Waals surface area contributed by atoms with Crippen molar-refractivity contribution in [1.82, 2.24) is 4.90 Å². The van der Waals surface area contributed by atoms with Crippen LogP contribution in [0.1, 0.15) is 41.0 Å². The molecule has 0 bridgehead atoms. The number of hydrogen-bond donors (Lipinski definition) is 1. The molecule has 8 nitrogen and oxygen atoms in total. The number of nitrogens with zero attached hydrogens (tertiary/aromatic N) is 1. The monoisotopic (exact) mass is 535 g/mol. The Kier molecular flexibility index (Phi) is 10.8. The van der Waals surface area contributed by atoms with Gasteiger partial charge in [0.2, 0.25) is 5.91 Å². The summed E-state index contributed by atoms with van der Waals surface area (Å²) in [5, 5.41) is 8.06. The average molecular weight is 536 g/mol. The van der Waals surface area contributed by atoms with Crippen LogP contribution in [0.2, 0.25) is 18.1 Å². The van der Waals surface area contributed by atoms with E-state index in [4.69, 9.17) is 4.43 Å². The molecule has 1 heterocycles. The second-order valence-corrected chi connectivity index (χ2v) is 18.1. The highest BCUT2D eigenvalue weighted by atomic mass is 32.2. The first-order chi connectivity index (χ1) is 15.0. The van der Waals surface area contributed by atoms with Crippen LogP contribution in [-0.4, -0.2) is 62.4 Å². The van der Waals surface area contributed by atoms with E-state index in [9.17, 15) is 28.5 Å². The number of β-lactam (4-membered cyclic amide) rings is 1. The van der Waals surface area contributed by atoms with Gasteiger partial charge in [-0.1, -0.05) is 26.8 Å². The minimum Gasteiger partial charge on any atom is -0.477 e. The zero-order chi connectivity index (χ0) is 25.7. The van der Waals surface area contributed by atoms with Crippen molar-refractivity contribution in [2.45, 2.75) is 64.5 Å². The van der Waals surface area contributed by atoms with Gasteiger partial charge in [0.25, 0.3) is 0 Å². The van der Waals surface area contributed by atoms with Gasteiger partial charge in [0.15, 0.2) is 24.2 Å². The number of carboxylic acid groups (broad SMARTS) is 1. The summed E-state index contributed by atoms with van der Waals surface area (Å²) < 4.78 is 19.0. The van der Waals surface area contributed by atoms with Gasteiger partial charge in [0.1, 0.15) is 5.37 Å². The molecule has 33 heavy (non-hydrogen) atoms. The molecule has 0 aliphatic carbocycles. The molecule has 0 aromatic carbocycles. The van der Waals surface area contributed by atoms with Crippen molar-refractivity contribution in [3.05, 3.63) is 22.6 Å². The Morgan fingerprint density at radius 2 is 1.73 bits per heavy atom. The van der Waals surface area contributed by atoms with Crippen LogP contribution in [0.25, 0.3) is 0 Å². The Morgan fingerprint density at radius 1 is 1.21 bits per heavy atom. The maximum absolute atomic E-state index is 13.1. The Bertz CT molecular complexity index is 862. The molecular formula is C21H33NO7S3Si. The van der Waals surface area contributed by atoms with Gasteiger partial charge in [-0.05, 0) is 48.1 Å². The molecule has 1 fully saturated rings. The predicted octanol–water partition coefficient (Wildman–Crippen LogP) is 3.93. The van der Waals surface area contributed by atoms with Crippen LogP contribution in [0.4, 0.5) is 0 Å². The van der Waals surface area contributed by atoms with E-state index in [0.29, 0.717) is 23.5 Å². The van der Waals surface area contributed by atoms with Crippen molar-refractivity contribution in [3.63, 3.8) is 0 Å². The molecule has 12 heteroatoms. The summed E-state index contributed by atoms with van der Waals surface area (Å²) in [7, 11) is -3.68. The second-order valence-electron chi connectivity index (χ2n) is 9.07. The van der Waals surface area contributed by atoms with Gasteiger partial charge in [-0.15, -0.1) is 6.58 Å². The predicted molar refractivity (Wildman–Crippen MR) is 136 cm³/mol. The standard InChI is InChI=1S/C21H33NO7S3Si/c1-9-12-32(28)18-15(10-11-29-33(7,8)21(4,5)6)17(25)22(18)16(19(26)27)20(30-13(2)23)31-14(3)24/h9,15,18H,1,10-12H2,2-8H3,(H,26,27)/t15-,18-,32?/m0/s1. The second kappa shape index (κ2) is 12.0. The van der Waals surface area contributed by atoms with E-state index in [1.54, 1.807) is 0 Å². The summed E-state index contributed by atoms with van der Waals surface area (Å²) in [5.74, 6) is -2.62. The zero-order valence-electron chi connectivity index (χ0n) is 20.1. The lowest BCUT2D eigenvalue weighted by Crippen LogP contribution is -2.63. The minimum absolute atomic E-state index is 0.0182. The fourth-order valence-electron chi connectivity index (χ4n) is 2.87. The molecule has 0 saturated carbocycles. The molecule has 0 radical (unpaired) electrons. The smallest absolute Gasteiger partial charge is 0.354 e. The maximum atomic E-state index is 13.1. The molecule has 0 aromatic heterocycles. The number of carbonyl (C=O) groups excluding carboxylic acids is 3. The van der Waals surface area contributed by atoms with Crippen LogP contribution in [0.3, 0.4) is 0 Å². The zero-order valence-corrected chi connectivity index (χ0v) is 23.6. The van der Waals surface area contributed by atoms with Gasteiger partial charge in [-0.25, -0.2) is 4.79 Å². The number of thioether (sulfide) groups is 2. The number of amides is 1. The summed E-state index contributed by atoms with van der Waals surface area (Å²) >= 11 is 1.13. The quantitative estimate of drug-likeness (QED) is 0.182. The third-order valence-corrected chi connectivity index (χ3v) is 13.5. The molecular weight excluding hydrogens is 503 g/mol. The first-order valence-corrected chi connectivity index (χ1v) is 16.3. The Labute approximate surface area is 207 Å². The van der Waals surface area contributed by atoms with Gasteiger partial charge >= 0.3 is 5.97 Å². The molecule has 0 spiro atoms. The Hall–Kier alpha value is -1.21. The van der Waals surface area contributed by atoms with E-state index in [1.165, 1.54) is 19.9 Å². The summed E-state index contributed by atoms with van der Waals surface area (Å²) in [6.45, 7) is 16.8. The Morgan fingerprint density at radius 3 is 2.12 bits per heavy atom. The number of carboxylic acids is 1.